The topological polar surface area (TPSA) is 119 Å². The molecule has 1 saturated carbocycles. The maximum atomic E-state index is 11.6. The summed E-state index contributed by atoms with van der Waals surface area (Å²) in [7, 11) is 0. The number of hydrogen-bond donors (Lipinski definition) is 3. The highest BCUT2D eigenvalue weighted by Gasteiger charge is 2.27. The van der Waals surface area contributed by atoms with Crippen LogP contribution in [0.15, 0.2) is 9.59 Å². The van der Waals surface area contributed by atoms with Crippen molar-refractivity contribution >= 4 is 11.8 Å². The minimum absolute atomic E-state index is 0.0133. The maximum Gasteiger partial charge on any atom is 0.342 e. The van der Waals surface area contributed by atoms with Gasteiger partial charge < -0.3 is 10.0 Å². The monoisotopic (exact) mass is 254 g/mol. The van der Waals surface area contributed by atoms with Gasteiger partial charge in [-0.25, -0.2) is 9.89 Å². The number of carboxylic acids is 1. The number of anilines is 1. The van der Waals surface area contributed by atoms with E-state index in [1.165, 1.54) is 4.90 Å². The highest BCUT2D eigenvalue weighted by atomic mass is 16.4. The second-order valence-corrected chi connectivity index (χ2v) is 4.29. The molecule has 0 aliphatic heterocycles. The fourth-order valence-corrected chi connectivity index (χ4v) is 2.27. The summed E-state index contributed by atoms with van der Waals surface area (Å²) in [6.07, 6.45) is 3.66. The summed E-state index contributed by atoms with van der Waals surface area (Å²) in [4.78, 5) is 36.9. The molecule has 1 aromatic rings. The SMILES string of the molecule is O=C(O)CN(c1n[nH]c(=O)[nH]c1=O)C1CCCC1. The lowest BCUT2D eigenvalue weighted by molar-refractivity contribution is -0.135. The maximum absolute atomic E-state index is 11.6. The van der Waals surface area contributed by atoms with Crippen molar-refractivity contribution in [1.82, 2.24) is 15.2 Å². The number of aliphatic carboxylic acids is 1. The molecule has 8 nitrogen and oxygen atoms in total. The molecule has 0 aromatic carbocycles. The van der Waals surface area contributed by atoms with E-state index in [0.717, 1.165) is 25.7 Å². The van der Waals surface area contributed by atoms with Gasteiger partial charge in [-0.1, -0.05) is 12.8 Å². The van der Waals surface area contributed by atoms with Gasteiger partial charge in [0.05, 0.1) is 0 Å². The first-order valence-corrected chi connectivity index (χ1v) is 5.75. The van der Waals surface area contributed by atoms with Gasteiger partial charge in [-0.2, -0.15) is 0 Å². The summed E-state index contributed by atoms with van der Waals surface area (Å²) < 4.78 is 0. The van der Waals surface area contributed by atoms with Crippen molar-refractivity contribution in [1.29, 1.82) is 0 Å². The zero-order valence-corrected chi connectivity index (χ0v) is 9.68. The van der Waals surface area contributed by atoms with Gasteiger partial charge in [0.1, 0.15) is 6.54 Å². The van der Waals surface area contributed by atoms with Gasteiger partial charge in [0.15, 0.2) is 0 Å². The largest absolute Gasteiger partial charge is 0.480 e. The molecule has 0 spiro atoms. The number of nitrogens with zero attached hydrogens (tertiary/aromatic N) is 2. The van der Waals surface area contributed by atoms with E-state index in [4.69, 9.17) is 5.11 Å². The Labute approximate surface area is 102 Å². The number of hydrogen-bond acceptors (Lipinski definition) is 5. The number of aromatic amines is 2. The molecule has 1 aliphatic carbocycles. The van der Waals surface area contributed by atoms with E-state index in [0.29, 0.717) is 0 Å². The third kappa shape index (κ3) is 2.58. The molecular formula is C10H14N4O4. The summed E-state index contributed by atoms with van der Waals surface area (Å²) in [5.74, 6) is -1.07. The number of nitrogens with one attached hydrogen (secondary N) is 2. The molecule has 2 rings (SSSR count). The van der Waals surface area contributed by atoms with Crippen LogP contribution in [0.2, 0.25) is 0 Å². The van der Waals surface area contributed by atoms with E-state index in [-0.39, 0.29) is 18.4 Å². The molecule has 1 fully saturated rings. The summed E-state index contributed by atoms with van der Waals surface area (Å²) in [6.45, 7) is -0.299. The van der Waals surface area contributed by atoms with Crippen LogP contribution in [0.5, 0.6) is 0 Å². The molecule has 3 N–H and O–H groups in total. The first kappa shape index (κ1) is 12.3. The van der Waals surface area contributed by atoms with E-state index >= 15 is 0 Å². The number of H-pyrrole nitrogens is 2. The van der Waals surface area contributed by atoms with Crippen molar-refractivity contribution in [2.75, 3.05) is 11.4 Å². The van der Waals surface area contributed by atoms with E-state index in [1.807, 2.05) is 0 Å². The Morgan fingerprint density at radius 2 is 2.06 bits per heavy atom. The van der Waals surface area contributed by atoms with Crippen molar-refractivity contribution in [3.8, 4) is 0 Å². The lowest BCUT2D eigenvalue weighted by Gasteiger charge is -2.26. The van der Waals surface area contributed by atoms with Gasteiger partial charge in [0, 0.05) is 6.04 Å². The zero-order chi connectivity index (χ0) is 13.1. The van der Waals surface area contributed by atoms with Gasteiger partial charge in [-0.05, 0) is 12.8 Å². The normalized spacial score (nSPS) is 15.8. The molecule has 0 unspecified atom stereocenters. The van der Waals surface area contributed by atoms with E-state index in [9.17, 15) is 14.4 Å². The lowest BCUT2D eigenvalue weighted by Crippen LogP contribution is -2.43. The molecular weight excluding hydrogens is 240 g/mol. The molecule has 0 bridgehead atoms. The molecule has 1 heterocycles. The highest BCUT2D eigenvalue weighted by Crippen LogP contribution is 2.25. The van der Waals surface area contributed by atoms with E-state index < -0.39 is 17.2 Å². The smallest absolute Gasteiger partial charge is 0.342 e. The Hall–Kier alpha value is -2.12. The molecule has 18 heavy (non-hydrogen) atoms. The molecule has 98 valence electrons. The van der Waals surface area contributed by atoms with E-state index in [1.54, 1.807) is 0 Å². The quantitative estimate of drug-likeness (QED) is 0.653. The Morgan fingerprint density at radius 3 is 2.61 bits per heavy atom. The van der Waals surface area contributed by atoms with Gasteiger partial charge in [-0.15, -0.1) is 5.10 Å². The summed E-state index contributed by atoms with van der Waals surface area (Å²) in [5, 5.41) is 14.7. The average Bonchev–Trinajstić information content (AvgIpc) is 2.79. The zero-order valence-electron chi connectivity index (χ0n) is 9.68. The number of rotatable bonds is 4. The van der Waals surface area contributed by atoms with Crippen LogP contribution in [0.25, 0.3) is 0 Å². The van der Waals surface area contributed by atoms with Crippen LogP contribution in [-0.4, -0.2) is 38.8 Å². The van der Waals surface area contributed by atoms with Crippen molar-refractivity contribution in [2.24, 2.45) is 0 Å². The Kier molecular flexibility index (Phi) is 3.45. The predicted molar refractivity (Wildman–Crippen MR) is 62.7 cm³/mol. The fraction of sp³-hybridized carbons (Fsp3) is 0.600. The molecule has 1 aromatic heterocycles. The van der Waals surface area contributed by atoms with Crippen molar-refractivity contribution in [2.45, 2.75) is 31.7 Å². The van der Waals surface area contributed by atoms with Crippen molar-refractivity contribution in [3.63, 3.8) is 0 Å². The van der Waals surface area contributed by atoms with Crippen LogP contribution in [0.3, 0.4) is 0 Å². The first-order valence-electron chi connectivity index (χ1n) is 5.75. The molecule has 0 atom stereocenters. The molecule has 0 radical (unpaired) electrons. The van der Waals surface area contributed by atoms with Crippen LogP contribution in [-0.2, 0) is 4.79 Å². The molecule has 0 amide bonds. The van der Waals surface area contributed by atoms with Gasteiger partial charge in [-0.3, -0.25) is 14.6 Å². The average molecular weight is 254 g/mol. The summed E-state index contributed by atoms with van der Waals surface area (Å²) in [5.41, 5.74) is -1.36. The minimum Gasteiger partial charge on any atom is -0.480 e. The number of aromatic nitrogens is 3. The second-order valence-electron chi connectivity index (χ2n) is 4.29. The van der Waals surface area contributed by atoms with Crippen LogP contribution in [0.4, 0.5) is 5.82 Å². The van der Waals surface area contributed by atoms with E-state index in [2.05, 4.69) is 15.2 Å². The van der Waals surface area contributed by atoms with Crippen molar-refractivity contribution in [3.05, 3.63) is 20.8 Å². The van der Waals surface area contributed by atoms with Gasteiger partial charge >= 0.3 is 11.7 Å². The third-order valence-corrected chi connectivity index (χ3v) is 3.04. The standard InChI is InChI=1S/C10H14N4O4/c15-7(16)5-14(6-3-1-2-4-6)8-9(17)11-10(18)13-12-8/h6H,1-5H2,(H,15,16)(H2,11,13,17,18). The van der Waals surface area contributed by atoms with Crippen molar-refractivity contribution < 1.29 is 9.90 Å². The predicted octanol–water partition coefficient (Wildman–Crippen LogP) is -0.708. The number of carboxylic acid groups (broad SMARTS) is 1. The lowest BCUT2D eigenvalue weighted by atomic mass is 10.2. The van der Waals surface area contributed by atoms with Gasteiger partial charge in [0.2, 0.25) is 5.82 Å². The molecule has 1 aliphatic rings. The Bertz CT molecular complexity index is 543. The van der Waals surface area contributed by atoms with Crippen LogP contribution in [0, 0.1) is 0 Å². The van der Waals surface area contributed by atoms with Crippen LogP contribution in [0.1, 0.15) is 25.7 Å². The summed E-state index contributed by atoms with van der Waals surface area (Å²) >= 11 is 0. The minimum atomic E-state index is -1.03. The fourth-order valence-electron chi connectivity index (χ4n) is 2.27. The Morgan fingerprint density at radius 1 is 1.39 bits per heavy atom. The Balaban J connectivity index is 2.35. The number of carbonyl (C=O) groups is 1. The summed E-state index contributed by atoms with van der Waals surface area (Å²) in [6, 6.07) is -0.0133. The highest BCUT2D eigenvalue weighted by molar-refractivity contribution is 5.73. The second kappa shape index (κ2) is 5.03. The molecule has 0 saturated heterocycles. The third-order valence-electron chi connectivity index (χ3n) is 3.04. The first-order chi connectivity index (χ1) is 8.58. The van der Waals surface area contributed by atoms with Gasteiger partial charge in [0.25, 0.3) is 5.56 Å². The molecule has 8 heteroatoms. The van der Waals surface area contributed by atoms with Crippen LogP contribution < -0.4 is 16.1 Å². The van der Waals surface area contributed by atoms with Crippen LogP contribution >= 0.6 is 0 Å².